The molecule has 1 heterocycles. The second-order valence-electron chi connectivity index (χ2n) is 9.73. The van der Waals surface area contributed by atoms with E-state index in [-0.39, 0.29) is 6.54 Å². The first-order chi connectivity index (χ1) is 18.1. The van der Waals surface area contributed by atoms with Crippen molar-refractivity contribution in [1.29, 1.82) is 0 Å². The van der Waals surface area contributed by atoms with Gasteiger partial charge in [-0.25, -0.2) is 9.07 Å². The zero-order chi connectivity index (χ0) is 27.4. The number of rotatable bonds is 8. The van der Waals surface area contributed by atoms with Crippen molar-refractivity contribution >= 4 is 28.5 Å². The average Bonchev–Trinajstić information content (AvgIpc) is 3.29. The summed E-state index contributed by atoms with van der Waals surface area (Å²) in [6.45, 7) is 5.31. The van der Waals surface area contributed by atoms with E-state index in [0.717, 1.165) is 0 Å². The number of anilines is 1. The van der Waals surface area contributed by atoms with Gasteiger partial charge in [-0.05, 0) is 75.4 Å². The lowest BCUT2D eigenvalue weighted by molar-refractivity contribution is -0.128. The van der Waals surface area contributed by atoms with Crippen molar-refractivity contribution in [2.75, 3.05) is 19.1 Å². The van der Waals surface area contributed by atoms with Crippen molar-refractivity contribution in [1.82, 2.24) is 20.3 Å². The molecular weight excluding hydrogens is 489 g/mol. The third kappa shape index (κ3) is 5.74. The van der Waals surface area contributed by atoms with E-state index in [1.807, 2.05) is 32.9 Å². The first-order valence-corrected chi connectivity index (χ1v) is 12.0. The molecule has 198 valence electrons. The molecule has 10 heteroatoms. The summed E-state index contributed by atoms with van der Waals surface area (Å²) >= 11 is 0. The number of fused-ring (bicyclic) bond motifs is 1. The minimum atomic E-state index is -1.19. The molecule has 1 N–H and O–H groups in total. The lowest BCUT2D eigenvalue weighted by Crippen LogP contribution is -2.50. The predicted octanol–water partition coefficient (Wildman–Crippen LogP) is 4.28. The number of nitrogens with zero attached hydrogens (tertiary/aromatic N) is 4. The number of methoxy groups -OCH3 is 2. The van der Waals surface area contributed by atoms with Gasteiger partial charge >= 0.3 is 0 Å². The number of hydrogen-bond donors (Lipinski definition) is 1. The molecule has 3 aromatic carbocycles. The number of carbonyl (C=O) groups excluding carboxylic acids is 2. The van der Waals surface area contributed by atoms with E-state index in [4.69, 9.17) is 9.47 Å². The molecule has 38 heavy (non-hydrogen) atoms. The quantitative estimate of drug-likeness (QED) is 0.373. The Kier molecular flexibility index (Phi) is 7.61. The zero-order valence-corrected chi connectivity index (χ0v) is 21.9. The molecule has 0 aliphatic carbocycles. The highest BCUT2D eigenvalue weighted by Gasteiger charge is 2.37. The molecule has 4 aromatic rings. The minimum absolute atomic E-state index is 0.219. The molecule has 1 atom stereocenters. The number of para-hydroxylation sites is 1. The highest BCUT2D eigenvalue weighted by atomic mass is 19.1. The fourth-order valence-electron chi connectivity index (χ4n) is 4.17. The van der Waals surface area contributed by atoms with Crippen LogP contribution >= 0.6 is 0 Å². The molecule has 0 saturated heterocycles. The number of halogens is 1. The van der Waals surface area contributed by atoms with Gasteiger partial charge in [0.15, 0.2) is 0 Å². The van der Waals surface area contributed by atoms with Crippen molar-refractivity contribution in [2.24, 2.45) is 0 Å². The summed E-state index contributed by atoms with van der Waals surface area (Å²) in [7, 11) is 2.99. The van der Waals surface area contributed by atoms with Gasteiger partial charge < -0.3 is 14.8 Å². The Bertz CT molecular complexity index is 1450. The molecule has 2 amide bonds. The van der Waals surface area contributed by atoms with Crippen LogP contribution in [0.1, 0.15) is 32.4 Å². The molecule has 9 nitrogen and oxygen atoms in total. The van der Waals surface area contributed by atoms with Crippen molar-refractivity contribution in [3.8, 4) is 11.5 Å². The second-order valence-corrected chi connectivity index (χ2v) is 9.73. The summed E-state index contributed by atoms with van der Waals surface area (Å²) < 4.78 is 26.4. The third-order valence-corrected chi connectivity index (χ3v) is 5.81. The van der Waals surface area contributed by atoms with Gasteiger partial charge in [-0.1, -0.05) is 17.3 Å². The summed E-state index contributed by atoms with van der Waals surface area (Å²) in [6, 6.07) is 16.5. The summed E-state index contributed by atoms with van der Waals surface area (Å²) in [4.78, 5) is 29.3. The second kappa shape index (κ2) is 10.9. The standard InChI is InChI=1S/C28H30FN5O4/c1-28(2,3)30-27(36)26(21-16-20(37-4)14-15-24(21)38-5)34(19-12-10-18(29)11-13-19)25(35)17-33-23-9-7-6-8-22(23)31-32-33/h6-16,26H,17H2,1-5H3,(H,30,36)/t26-/m0/s1. The van der Waals surface area contributed by atoms with Crippen LogP contribution in [0, 0.1) is 5.82 Å². The summed E-state index contributed by atoms with van der Waals surface area (Å²) in [5.74, 6) is -0.538. The highest BCUT2D eigenvalue weighted by Crippen LogP contribution is 2.36. The first-order valence-electron chi connectivity index (χ1n) is 12.0. The molecular formula is C28H30FN5O4. The van der Waals surface area contributed by atoms with Crippen LogP contribution in [0.4, 0.5) is 10.1 Å². The first kappa shape index (κ1) is 26.6. The Morgan fingerprint density at radius 1 is 1.03 bits per heavy atom. The molecule has 0 fully saturated rings. The highest BCUT2D eigenvalue weighted by molar-refractivity contribution is 6.02. The van der Waals surface area contributed by atoms with Crippen LogP contribution in [0.2, 0.25) is 0 Å². The number of carbonyl (C=O) groups is 2. The largest absolute Gasteiger partial charge is 0.497 e. The van der Waals surface area contributed by atoms with E-state index in [0.29, 0.717) is 33.8 Å². The number of ether oxygens (including phenoxy) is 2. The van der Waals surface area contributed by atoms with Crippen molar-refractivity contribution in [2.45, 2.75) is 38.9 Å². The predicted molar refractivity (Wildman–Crippen MR) is 142 cm³/mol. The Hall–Kier alpha value is -4.47. The maximum atomic E-state index is 14.1. The van der Waals surface area contributed by atoms with Gasteiger partial charge in [0.05, 0.1) is 19.7 Å². The van der Waals surface area contributed by atoms with Gasteiger partial charge in [-0.15, -0.1) is 5.10 Å². The normalized spacial score (nSPS) is 12.2. The molecule has 0 aliphatic heterocycles. The fourth-order valence-corrected chi connectivity index (χ4v) is 4.17. The molecule has 0 radical (unpaired) electrons. The monoisotopic (exact) mass is 519 g/mol. The van der Waals surface area contributed by atoms with Crippen LogP contribution in [0.15, 0.2) is 66.7 Å². The molecule has 1 aromatic heterocycles. The van der Waals surface area contributed by atoms with Crippen LogP contribution in [0.5, 0.6) is 11.5 Å². The van der Waals surface area contributed by atoms with Crippen molar-refractivity contribution < 1.29 is 23.5 Å². The Balaban J connectivity index is 1.89. The van der Waals surface area contributed by atoms with E-state index < -0.39 is 29.2 Å². The van der Waals surface area contributed by atoms with Crippen LogP contribution in [-0.4, -0.2) is 46.6 Å². The lowest BCUT2D eigenvalue weighted by Gasteiger charge is -2.34. The Labute approximate surface area is 220 Å². The number of nitrogens with one attached hydrogen (secondary N) is 1. The molecule has 0 saturated carbocycles. The maximum absolute atomic E-state index is 14.1. The lowest BCUT2D eigenvalue weighted by atomic mass is 9.99. The van der Waals surface area contributed by atoms with Crippen molar-refractivity contribution in [3.05, 3.63) is 78.1 Å². The maximum Gasteiger partial charge on any atom is 0.249 e. The number of aromatic nitrogens is 3. The van der Waals surface area contributed by atoms with E-state index >= 15 is 0 Å². The number of benzene rings is 3. The molecule has 0 spiro atoms. The van der Waals surface area contributed by atoms with Gasteiger partial charge in [0.2, 0.25) is 11.8 Å². The van der Waals surface area contributed by atoms with Crippen LogP contribution < -0.4 is 19.7 Å². The van der Waals surface area contributed by atoms with Gasteiger partial charge in [-0.2, -0.15) is 0 Å². The number of amides is 2. The van der Waals surface area contributed by atoms with E-state index in [1.54, 1.807) is 30.3 Å². The van der Waals surface area contributed by atoms with Gasteiger partial charge in [0, 0.05) is 16.8 Å². The van der Waals surface area contributed by atoms with Crippen LogP contribution in [-0.2, 0) is 16.1 Å². The van der Waals surface area contributed by atoms with Crippen molar-refractivity contribution in [3.63, 3.8) is 0 Å². The van der Waals surface area contributed by atoms with E-state index in [9.17, 15) is 14.0 Å². The molecule has 0 unspecified atom stereocenters. The third-order valence-electron chi connectivity index (χ3n) is 5.81. The SMILES string of the molecule is COc1ccc(OC)c([C@@H](C(=O)NC(C)(C)C)N(C(=O)Cn2nnc3ccccc32)c2ccc(F)cc2)c1. The van der Waals surface area contributed by atoms with Gasteiger partial charge in [0.25, 0.3) is 0 Å². The average molecular weight is 520 g/mol. The molecule has 0 bridgehead atoms. The topological polar surface area (TPSA) is 98.6 Å². The molecule has 0 aliphatic rings. The zero-order valence-electron chi connectivity index (χ0n) is 21.9. The molecule has 4 rings (SSSR count). The Morgan fingerprint density at radius 3 is 2.39 bits per heavy atom. The number of hydrogen-bond acceptors (Lipinski definition) is 6. The summed E-state index contributed by atoms with van der Waals surface area (Å²) in [6.07, 6.45) is 0. The van der Waals surface area contributed by atoms with Crippen LogP contribution in [0.25, 0.3) is 11.0 Å². The summed E-state index contributed by atoms with van der Waals surface area (Å²) in [5.41, 5.74) is 1.40. The summed E-state index contributed by atoms with van der Waals surface area (Å²) in [5, 5.41) is 11.2. The van der Waals surface area contributed by atoms with Crippen LogP contribution in [0.3, 0.4) is 0 Å². The fraction of sp³-hybridized carbons (Fsp3) is 0.286. The van der Waals surface area contributed by atoms with Gasteiger partial charge in [0.1, 0.15) is 35.4 Å². The smallest absolute Gasteiger partial charge is 0.249 e. The Morgan fingerprint density at radius 2 is 1.74 bits per heavy atom. The van der Waals surface area contributed by atoms with E-state index in [1.165, 1.54) is 48.1 Å². The van der Waals surface area contributed by atoms with E-state index in [2.05, 4.69) is 15.6 Å². The van der Waals surface area contributed by atoms with Gasteiger partial charge in [-0.3, -0.25) is 14.5 Å². The minimum Gasteiger partial charge on any atom is -0.497 e.